The molecule has 2 aromatic rings. The summed E-state index contributed by atoms with van der Waals surface area (Å²) in [6.45, 7) is 1.21. The number of hydrogen-bond donors (Lipinski definition) is 2. The largest absolute Gasteiger partial charge is 0.456 e. The van der Waals surface area contributed by atoms with E-state index in [9.17, 15) is 22.8 Å². The zero-order valence-electron chi connectivity index (χ0n) is 17.1. The highest BCUT2D eigenvalue weighted by Crippen LogP contribution is 2.17. The maximum atomic E-state index is 12.6. The van der Waals surface area contributed by atoms with Crippen molar-refractivity contribution in [1.82, 2.24) is 10.0 Å². The van der Waals surface area contributed by atoms with Gasteiger partial charge in [-0.05, 0) is 42.7 Å². The summed E-state index contributed by atoms with van der Waals surface area (Å²) in [6.07, 6.45) is 2.06. The fraction of sp³-hybridized carbons (Fsp3) is 0.350. The predicted molar refractivity (Wildman–Crippen MR) is 121 cm³/mol. The van der Waals surface area contributed by atoms with Crippen LogP contribution in [0.3, 0.4) is 0 Å². The summed E-state index contributed by atoms with van der Waals surface area (Å²) in [4.78, 5) is 37.1. The molecule has 2 rings (SSSR count). The van der Waals surface area contributed by atoms with E-state index in [2.05, 4.69) is 10.0 Å². The third kappa shape index (κ3) is 8.09. The van der Waals surface area contributed by atoms with Gasteiger partial charge in [-0.25, -0.2) is 8.42 Å². The van der Waals surface area contributed by atoms with Gasteiger partial charge in [-0.15, -0.1) is 11.3 Å². The Bertz CT molecular complexity index is 1000. The van der Waals surface area contributed by atoms with E-state index in [1.165, 1.54) is 42.2 Å². The smallest absolute Gasteiger partial charge is 0.324 e. The van der Waals surface area contributed by atoms with Gasteiger partial charge in [0.25, 0.3) is 0 Å². The molecule has 0 aliphatic heterocycles. The molecule has 0 aliphatic rings. The summed E-state index contributed by atoms with van der Waals surface area (Å²) in [5.74, 6) is -0.856. The van der Waals surface area contributed by atoms with Gasteiger partial charge in [0.1, 0.15) is 6.04 Å². The van der Waals surface area contributed by atoms with Crippen molar-refractivity contribution in [2.45, 2.75) is 30.8 Å². The molecule has 1 aromatic carbocycles. The molecule has 0 saturated carbocycles. The second kappa shape index (κ2) is 12.0. The van der Waals surface area contributed by atoms with Crippen LogP contribution in [0.2, 0.25) is 0 Å². The molecule has 0 fully saturated rings. The van der Waals surface area contributed by atoms with Gasteiger partial charge in [-0.2, -0.15) is 16.5 Å². The average molecular weight is 485 g/mol. The van der Waals surface area contributed by atoms with E-state index in [4.69, 9.17) is 4.74 Å². The van der Waals surface area contributed by atoms with Crippen molar-refractivity contribution in [1.29, 1.82) is 0 Å². The molecule has 11 heteroatoms. The van der Waals surface area contributed by atoms with Crippen molar-refractivity contribution in [3.05, 3.63) is 52.2 Å². The fourth-order valence-electron chi connectivity index (χ4n) is 2.46. The van der Waals surface area contributed by atoms with Crippen molar-refractivity contribution >= 4 is 50.8 Å². The lowest BCUT2D eigenvalue weighted by Gasteiger charge is -2.17. The van der Waals surface area contributed by atoms with Crippen molar-refractivity contribution in [2.24, 2.45) is 0 Å². The van der Waals surface area contributed by atoms with E-state index in [-0.39, 0.29) is 17.2 Å². The zero-order chi connectivity index (χ0) is 22.9. The number of thiophene rings is 1. The molecule has 2 N–H and O–H groups in total. The molecular weight excluding hydrogens is 460 g/mol. The molecule has 1 atom stereocenters. The highest BCUT2D eigenvalue weighted by Gasteiger charge is 2.27. The summed E-state index contributed by atoms with van der Waals surface area (Å²) < 4.78 is 32.6. The number of benzene rings is 1. The summed E-state index contributed by atoms with van der Waals surface area (Å²) in [5, 5.41) is 2.64. The Hall–Kier alpha value is -2.21. The minimum atomic E-state index is -3.91. The lowest BCUT2D eigenvalue weighted by molar-refractivity contribution is -0.144. The molecule has 0 aliphatic carbocycles. The van der Waals surface area contributed by atoms with Gasteiger partial charge in [0, 0.05) is 11.8 Å². The molecule has 1 aromatic heterocycles. The molecule has 1 amide bonds. The first-order valence-corrected chi connectivity index (χ1v) is 13.0. The molecule has 0 radical (unpaired) electrons. The van der Waals surface area contributed by atoms with Gasteiger partial charge in [-0.3, -0.25) is 14.4 Å². The van der Waals surface area contributed by atoms with Crippen molar-refractivity contribution in [3.8, 4) is 0 Å². The van der Waals surface area contributed by atoms with Gasteiger partial charge >= 0.3 is 5.97 Å². The molecule has 168 valence electrons. The standard InChI is InChI=1S/C20H24N2O6S3/c1-14(23)21-12-15-8-9-19(30-15)18(24)13-28-20(25)17(10-11-29-2)22-31(26,27)16-6-4-3-5-7-16/h3-9,17,22H,10-13H2,1-2H3,(H,21,23). The van der Waals surface area contributed by atoms with E-state index in [0.29, 0.717) is 17.2 Å². The van der Waals surface area contributed by atoms with Crippen LogP contribution in [0.15, 0.2) is 47.4 Å². The lowest BCUT2D eigenvalue weighted by atomic mass is 10.2. The molecule has 1 unspecified atom stereocenters. The van der Waals surface area contributed by atoms with E-state index < -0.39 is 34.4 Å². The second-order valence-corrected chi connectivity index (χ2v) is 10.3. The number of hydrogen-bond acceptors (Lipinski definition) is 8. The summed E-state index contributed by atoms with van der Waals surface area (Å²) in [6, 6.07) is 9.93. The Morgan fingerprint density at radius 1 is 1.13 bits per heavy atom. The number of nitrogens with one attached hydrogen (secondary N) is 2. The molecule has 1 heterocycles. The Balaban J connectivity index is 1.99. The first kappa shape index (κ1) is 25.1. The second-order valence-electron chi connectivity index (χ2n) is 6.47. The van der Waals surface area contributed by atoms with E-state index in [0.717, 1.165) is 4.88 Å². The van der Waals surface area contributed by atoms with Crippen molar-refractivity contribution in [3.63, 3.8) is 0 Å². The third-order valence-corrected chi connectivity index (χ3v) is 7.30. The molecular formula is C20H24N2O6S3. The highest BCUT2D eigenvalue weighted by atomic mass is 32.2. The number of sulfonamides is 1. The Labute approximate surface area is 189 Å². The monoisotopic (exact) mass is 484 g/mol. The number of carbonyl (C=O) groups is 3. The number of ketones is 1. The van der Waals surface area contributed by atoms with E-state index in [1.54, 1.807) is 30.3 Å². The maximum absolute atomic E-state index is 12.6. The molecule has 8 nitrogen and oxygen atoms in total. The Morgan fingerprint density at radius 2 is 1.84 bits per heavy atom. The number of ether oxygens (including phenoxy) is 1. The average Bonchev–Trinajstić information content (AvgIpc) is 3.23. The van der Waals surface area contributed by atoms with Crippen LogP contribution >= 0.6 is 23.1 Å². The predicted octanol–water partition coefficient (Wildman–Crippen LogP) is 2.21. The summed E-state index contributed by atoms with van der Waals surface area (Å²) in [7, 11) is -3.91. The topological polar surface area (TPSA) is 119 Å². The zero-order valence-corrected chi connectivity index (χ0v) is 19.6. The Morgan fingerprint density at radius 3 is 2.48 bits per heavy atom. The van der Waals surface area contributed by atoms with Gasteiger partial charge < -0.3 is 10.1 Å². The van der Waals surface area contributed by atoms with Crippen molar-refractivity contribution < 1.29 is 27.5 Å². The first-order valence-electron chi connectivity index (χ1n) is 9.32. The third-order valence-electron chi connectivity index (χ3n) is 4.04. The molecule has 0 spiro atoms. The van der Waals surface area contributed by atoms with E-state index in [1.807, 2.05) is 6.26 Å². The number of amides is 1. The summed E-state index contributed by atoms with van der Waals surface area (Å²) in [5.41, 5.74) is 0. The molecule has 0 bridgehead atoms. The molecule has 31 heavy (non-hydrogen) atoms. The maximum Gasteiger partial charge on any atom is 0.324 e. The van der Waals surface area contributed by atoms with Gasteiger partial charge in [-0.1, -0.05) is 18.2 Å². The van der Waals surface area contributed by atoms with Crippen LogP contribution in [0.25, 0.3) is 0 Å². The normalized spacial score (nSPS) is 12.2. The van der Waals surface area contributed by atoms with Crippen LogP contribution in [0.1, 0.15) is 27.9 Å². The Kier molecular flexibility index (Phi) is 9.69. The number of thioether (sulfide) groups is 1. The van der Waals surface area contributed by atoms with Crippen molar-refractivity contribution in [2.75, 3.05) is 18.6 Å². The van der Waals surface area contributed by atoms with Crippen LogP contribution in [0.5, 0.6) is 0 Å². The minimum absolute atomic E-state index is 0.0401. The number of Topliss-reactive ketones (excluding diaryl/α,β-unsaturated/α-hetero) is 1. The van der Waals surface area contributed by atoms with Crippen LogP contribution in [0, 0.1) is 0 Å². The van der Waals surface area contributed by atoms with E-state index >= 15 is 0 Å². The number of rotatable bonds is 12. The minimum Gasteiger partial charge on any atom is -0.456 e. The SMILES string of the molecule is CSCCC(NS(=O)(=O)c1ccccc1)C(=O)OCC(=O)c1ccc(CNC(C)=O)s1. The summed E-state index contributed by atoms with van der Waals surface area (Å²) >= 11 is 2.66. The van der Waals surface area contributed by atoms with Crippen LogP contribution in [0.4, 0.5) is 0 Å². The van der Waals surface area contributed by atoms with Crippen LogP contribution in [-0.2, 0) is 30.9 Å². The number of esters is 1. The molecule has 0 saturated heterocycles. The number of carbonyl (C=O) groups excluding carboxylic acids is 3. The quantitative estimate of drug-likeness (QED) is 0.350. The van der Waals surface area contributed by atoms with Gasteiger partial charge in [0.15, 0.2) is 6.61 Å². The highest BCUT2D eigenvalue weighted by molar-refractivity contribution is 7.98. The fourth-order valence-corrected chi connectivity index (χ4v) is 5.04. The van der Waals surface area contributed by atoms with Gasteiger partial charge in [0.05, 0.1) is 16.3 Å². The van der Waals surface area contributed by atoms with Gasteiger partial charge in [0.2, 0.25) is 21.7 Å². The van der Waals surface area contributed by atoms with Crippen LogP contribution < -0.4 is 10.0 Å². The first-order chi connectivity index (χ1) is 14.7. The lowest BCUT2D eigenvalue weighted by Crippen LogP contribution is -2.42. The van der Waals surface area contributed by atoms with Crippen LogP contribution in [-0.4, -0.2) is 50.7 Å².